The SMILES string of the molecule is C=S1(C)=NC(=O)Cc2ccnnc21. The highest BCUT2D eigenvalue weighted by atomic mass is 32.2. The molecule has 0 aromatic carbocycles. The average Bonchev–Trinajstić information content (AvgIpc) is 2.02. The van der Waals surface area contributed by atoms with Gasteiger partial charge in [-0.3, -0.25) is 4.79 Å². The van der Waals surface area contributed by atoms with E-state index in [2.05, 4.69) is 20.4 Å². The topological polar surface area (TPSA) is 55.2 Å². The third kappa shape index (κ3) is 1.35. The van der Waals surface area contributed by atoms with Crippen molar-refractivity contribution in [2.75, 3.05) is 6.26 Å². The zero-order chi connectivity index (χ0) is 9.47. The van der Waals surface area contributed by atoms with Crippen molar-refractivity contribution in [2.24, 2.45) is 4.36 Å². The number of nitrogens with zero attached hydrogens (tertiary/aromatic N) is 3. The molecule has 0 saturated carbocycles. The first-order valence-electron chi connectivity index (χ1n) is 3.77. The lowest BCUT2D eigenvalue weighted by Crippen LogP contribution is -2.16. The minimum Gasteiger partial charge on any atom is -0.272 e. The van der Waals surface area contributed by atoms with Crippen molar-refractivity contribution in [1.82, 2.24) is 10.2 Å². The van der Waals surface area contributed by atoms with Gasteiger partial charge in [0.1, 0.15) is 5.03 Å². The Kier molecular flexibility index (Phi) is 1.69. The fourth-order valence-electron chi connectivity index (χ4n) is 1.31. The minimum absolute atomic E-state index is 0.104. The quantitative estimate of drug-likeness (QED) is 0.560. The monoisotopic (exact) mass is 195 g/mol. The Morgan fingerprint density at radius 3 is 3.15 bits per heavy atom. The highest BCUT2D eigenvalue weighted by molar-refractivity contribution is 8.02. The lowest BCUT2D eigenvalue weighted by atomic mass is 10.2. The molecule has 1 unspecified atom stereocenters. The maximum atomic E-state index is 11.2. The van der Waals surface area contributed by atoms with E-state index in [1.807, 2.05) is 12.3 Å². The van der Waals surface area contributed by atoms with E-state index in [0.717, 1.165) is 10.6 Å². The summed E-state index contributed by atoms with van der Waals surface area (Å²) in [6.07, 6.45) is 3.77. The average molecular weight is 195 g/mol. The summed E-state index contributed by atoms with van der Waals surface area (Å²) in [6.45, 7) is 0. The maximum absolute atomic E-state index is 11.2. The molecule has 2 rings (SSSR count). The van der Waals surface area contributed by atoms with E-state index >= 15 is 0 Å². The number of fused-ring (bicyclic) bond motifs is 1. The fourth-order valence-corrected chi connectivity index (χ4v) is 2.84. The minimum atomic E-state index is -1.64. The van der Waals surface area contributed by atoms with E-state index in [0.29, 0.717) is 6.42 Å². The Balaban J connectivity index is 2.77. The van der Waals surface area contributed by atoms with Crippen LogP contribution in [0.25, 0.3) is 0 Å². The summed E-state index contributed by atoms with van der Waals surface area (Å²) in [5.41, 5.74) is 0.919. The molecule has 0 aliphatic carbocycles. The summed E-state index contributed by atoms with van der Waals surface area (Å²) in [4.78, 5) is 11.2. The molecule has 1 aliphatic rings. The predicted octanol–water partition coefficient (Wildman–Crippen LogP) is 0.318. The smallest absolute Gasteiger partial charge is 0.256 e. The summed E-state index contributed by atoms with van der Waals surface area (Å²) < 4.78 is 3.99. The molecule has 4 nitrogen and oxygen atoms in total. The summed E-state index contributed by atoms with van der Waals surface area (Å²) in [6, 6.07) is 1.81. The van der Waals surface area contributed by atoms with E-state index in [4.69, 9.17) is 0 Å². The molecule has 1 aromatic rings. The zero-order valence-electron chi connectivity index (χ0n) is 7.23. The van der Waals surface area contributed by atoms with Crippen molar-refractivity contribution in [3.05, 3.63) is 17.8 Å². The van der Waals surface area contributed by atoms with Crippen LogP contribution in [0.2, 0.25) is 0 Å². The number of hydrogen-bond donors (Lipinski definition) is 0. The third-order valence-electron chi connectivity index (χ3n) is 1.83. The van der Waals surface area contributed by atoms with Crippen molar-refractivity contribution < 1.29 is 4.79 Å². The standard InChI is InChI=1S/C8H9N3OS/c1-13(2)8-6(3-4-9-10-8)5-7(12)11-13/h3-4H,1,5H2,2H3. The van der Waals surface area contributed by atoms with Gasteiger partial charge >= 0.3 is 0 Å². The first-order valence-corrected chi connectivity index (χ1v) is 5.94. The van der Waals surface area contributed by atoms with Crippen LogP contribution in [0.15, 0.2) is 21.7 Å². The molecular formula is C8H9N3OS. The molecule has 0 fully saturated rings. The molecule has 1 aliphatic heterocycles. The van der Waals surface area contributed by atoms with Gasteiger partial charge < -0.3 is 0 Å². The van der Waals surface area contributed by atoms with Crippen LogP contribution in [-0.2, 0) is 20.6 Å². The predicted molar refractivity (Wildman–Crippen MR) is 51.8 cm³/mol. The largest absolute Gasteiger partial charge is 0.272 e. The molecule has 2 heterocycles. The van der Waals surface area contributed by atoms with Crippen molar-refractivity contribution in [3.63, 3.8) is 0 Å². The van der Waals surface area contributed by atoms with Crippen molar-refractivity contribution >= 4 is 21.2 Å². The number of amides is 1. The van der Waals surface area contributed by atoms with Crippen LogP contribution in [0, 0.1) is 0 Å². The second-order valence-electron chi connectivity index (χ2n) is 3.06. The Hall–Kier alpha value is -1.23. The van der Waals surface area contributed by atoms with Crippen LogP contribution in [0.4, 0.5) is 0 Å². The van der Waals surface area contributed by atoms with E-state index in [1.165, 1.54) is 0 Å². The molecule has 0 radical (unpaired) electrons. The van der Waals surface area contributed by atoms with Gasteiger partial charge in [-0.05, 0) is 17.9 Å². The molecule has 0 bridgehead atoms. The number of hydrogen-bond acceptors (Lipinski definition) is 3. The summed E-state index contributed by atoms with van der Waals surface area (Å²) >= 11 is 0. The van der Waals surface area contributed by atoms with Gasteiger partial charge in [-0.2, -0.15) is 9.46 Å². The van der Waals surface area contributed by atoms with Gasteiger partial charge in [0, 0.05) is 6.20 Å². The van der Waals surface area contributed by atoms with E-state index in [9.17, 15) is 4.79 Å². The molecular weight excluding hydrogens is 186 g/mol. The van der Waals surface area contributed by atoms with Gasteiger partial charge in [-0.1, -0.05) is 15.3 Å². The third-order valence-corrected chi connectivity index (χ3v) is 3.61. The van der Waals surface area contributed by atoms with Gasteiger partial charge in [-0.25, -0.2) is 0 Å². The Labute approximate surface area is 76.7 Å². The first-order chi connectivity index (χ1) is 6.09. The van der Waals surface area contributed by atoms with Crippen LogP contribution in [0.5, 0.6) is 0 Å². The molecule has 0 spiro atoms. The first kappa shape index (κ1) is 8.37. The van der Waals surface area contributed by atoms with E-state index < -0.39 is 9.41 Å². The number of carbonyl (C=O) groups is 1. The lowest BCUT2D eigenvalue weighted by Gasteiger charge is -2.15. The second kappa shape index (κ2) is 2.63. The molecule has 0 N–H and O–H groups in total. The lowest BCUT2D eigenvalue weighted by molar-refractivity contribution is -0.117. The van der Waals surface area contributed by atoms with Gasteiger partial charge in [0.05, 0.1) is 6.42 Å². The van der Waals surface area contributed by atoms with Crippen LogP contribution in [-0.4, -0.2) is 28.2 Å². The van der Waals surface area contributed by atoms with Crippen molar-refractivity contribution in [3.8, 4) is 0 Å². The normalized spacial score (nSPS) is 26.4. The highest BCUT2D eigenvalue weighted by Crippen LogP contribution is 2.19. The van der Waals surface area contributed by atoms with Gasteiger partial charge in [0.15, 0.2) is 0 Å². The molecule has 0 saturated heterocycles. The molecule has 68 valence electrons. The van der Waals surface area contributed by atoms with Gasteiger partial charge in [0.2, 0.25) is 0 Å². The molecule has 1 amide bonds. The Morgan fingerprint density at radius 1 is 1.62 bits per heavy atom. The van der Waals surface area contributed by atoms with Gasteiger partial charge in [-0.15, -0.1) is 5.10 Å². The van der Waals surface area contributed by atoms with Gasteiger partial charge in [0.25, 0.3) is 5.91 Å². The summed E-state index contributed by atoms with van der Waals surface area (Å²) in [5, 5.41) is 8.55. The second-order valence-corrected chi connectivity index (χ2v) is 5.71. The number of rotatable bonds is 0. The number of aromatic nitrogens is 2. The fraction of sp³-hybridized carbons (Fsp3) is 0.250. The Bertz CT molecular complexity index is 486. The summed E-state index contributed by atoms with van der Waals surface area (Å²) in [5.74, 6) is 3.81. The molecule has 13 heavy (non-hydrogen) atoms. The summed E-state index contributed by atoms with van der Waals surface area (Å²) in [7, 11) is -1.64. The molecule has 5 heteroatoms. The van der Waals surface area contributed by atoms with E-state index in [-0.39, 0.29) is 5.91 Å². The van der Waals surface area contributed by atoms with Crippen molar-refractivity contribution in [1.29, 1.82) is 0 Å². The van der Waals surface area contributed by atoms with Crippen molar-refractivity contribution in [2.45, 2.75) is 11.4 Å². The Morgan fingerprint density at radius 2 is 2.38 bits per heavy atom. The molecule has 1 atom stereocenters. The zero-order valence-corrected chi connectivity index (χ0v) is 8.04. The van der Waals surface area contributed by atoms with Crippen LogP contribution >= 0.6 is 0 Å². The number of carbonyl (C=O) groups excluding carboxylic acids is 1. The maximum Gasteiger partial charge on any atom is 0.256 e. The van der Waals surface area contributed by atoms with Crippen LogP contribution in [0.1, 0.15) is 5.56 Å². The highest BCUT2D eigenvalue weighted by Gasteiger charge is 2.18. The van der Waals surface area contributed by atoms with Crippen LogP contribution in [0.3, 0.4) is 0 Å². The molecule has 1 aromatic heterocycles. The van der Waals surface area contributed by atoms with E-state index in [1.54, 1.807) is 6.20 Å². The van der Waals surface area contributed by atoms with Crippen LogP contribution < -0.4 is 0 Å².